The zero-order chi connectivity index (χ0) is 11.2. The number of ether oxygens (including phenoxy) is 1. The van der Waals surface area contributed by atoms with Crippen LogP contribution in [0.5, 0.6) is 0 Å². The summed E-state index contributed by atoms with van der Waals surface area (Å²) in [6.45, 7) is 1.31. The smallest absolute Gasteiger partial charge is 0.133 e. The highest BCUT2D eigenvalue weighted by Crippen LogP contribution is 2.26. The molecule has 0 aromatic carbocycles. The van der Waals surface area contributed by atoms with Crippen LogP contribution < -0.4 is 5.73 Å². The summed E-state index contributed by atoms with van der Waals surface area (Å²) in [7, 11) is 0. The summed E-state index contributed by atoms with van der Waals surface area (Å²) in [6.07, 6.45) is 8.28. The minimum atomic E-state index is -0.0723. The van der Waals surface area contributed by atoms with Crippen molar-refractivity contribution in [2.45, 2.75) is 38.2 Å². The second kappa shape index (κ2) is 6.06. The van der Waals surface area contributed by atoms with Crippen molar-refractivity contribution in [1.82, 2.24) is 0 Å². The van der Waals surface area contributed by atoms with Gasteiger partial charge in [-0.1, -0.05) is 19.3 Å². The molecule has 0 radical (unpaired) electrons. The standard InChI is InChI=1S/C13H21NO2/c14-9-13(12-7-4-8-15-12)16-10-11-5-2-1-3-6-11/h4,7-8,11,13H,1-3,5-6,9-10,14H2. The maximum absolute atomic E-state index is 5.86. The predicted molar refractivity (Wildman–Crippen MR) is 63.0 cm³/mol. The van der Waals surface area contributed by atoms with Gasteiger partial charge in [-0.15, -0.1) is 0 Å². The highest BCUT2D eigenvalue weighted by Gasteiger charge is 2.18. The summed E-state index contributed by atoms with van der Waals surface area (Å²) in [5.74, 6) is 1.57. The Bertz CT molecular complexity index is 278. The van der Waals surface area contributed by atoms with Crippen LogP contribution in [0.3, 0.4) is 0 Å². The summed E-state index contributed by atoms with van der Waals surface area (Å²) in [5.41, 5.74) is 5.69. The third-order valence-corrected chi connectivity index (χ3v) is 3.33. The Morgan fingerprint density at radius 3 is 2.81 bits per heavy atom. The molecule has 16 heavy (non-hydrogen) atoms. The molecule has 1 aromatic heterocycles. The van der Waals surface area contributed by atoms with Crippen LogP contribution in [-0.2, 0) is 4.74 Å². The van der Waals surface area contributed by atoms with Crippen molar-refractivity contribution in [3.05, 3.63) is 24.2 Å². The van der Waals surface area contributed by atoms with Gasteiger partial charge in [0.1, 0.15) is 11.9 Å². The molecule has 1 aliphatic carbocycles. The first-order chi connectivity index (χ1) is 7.90. The molecule has 2 rings (SSSR count). The molecule has 0 spiro atoms. The molecule has 1 fully saturated rings. The second-order valence-corrected chi connectivity index (χ2v) is 4.58. The molecule has 1 saturated carbocycles. The largest absolute Gasteiger partial charge is 0.467 e. The predicted octanol–water partition coefficient (Wildman–Crippen LogP) is 2.88. The Labute approximate surface area is 97.0 Å². The van der Waals surface area contributed by atoms with E-state index in [1.165, 1.54) is 32.1 Å². The summed E-state index contributed by atoms with van der Waals surface area (Å²) >= 11 is 0. The number of furan rings is 1. The fourth-order valence-electron chi connectivity index (χ4n) is 2.35. The number of rotatable bonds is 5. The van der Waals surface area contributed by atoms with Crippen LogP contribution in [0.4, 0.5) is 0 Å². The highest BCUT2D eigenvalue weighted by atomic mass is 16.5. The van der Waals surface area contributed by atoms with Gasteiger partial charge in [0.25, 0.3) is 0 Å². The fraction of sp³-hybridized carbons (Fsp3) is 0.692. The molecule has 90 valence electrons. The van der Waals surface area contributed by atoms with Gasteiger partial charge in [-0.3, -0.25) is 0 Å². The normalized spacial score (nSPS) is 19.8. The van der Waals surface area contributed by atoms with Crippen LogP contribution in [0.2, 0.25) is 0 Å². The first-order valence-electron chi connectivity index (χ1n) is 6.25. The molecular formula is C13H21NO2. The molecular weight excluding hydrogens is 202 g/mol. The van der Waals surface area contributed by atoms with E-state index in [4.69, 9.17) is 14.9 Å². The van der Waals surface area contributed by atoms with Crippen LogP contribution in [-0.4, -0.2) is 13.2 Å². The second-order valence-electron chi connectivity index (χ2n) is 4.58. The Morgan fingerprint density at radius 2 is 2.19 bits per heavy atom. The minimum Gasteiger partial charge on any atom is -0.467 e. The number of nitrogens with two attached hydrogens (primary N) is 1. The molecule has 0 bridgehead atoms. The summed E-state index contributed by atoms with van der Waals surface area (Å²) in [4.78, 5) is 0. The van der Waals surface area contributed by atoms with E-state index in [0.29, 0.717) is 6.54 Å². The maximum atomic E-state index is 5.86. The molecule has 1 unspecified atom stereocenters. The highest BCUT2D eigenvalue weighted by molar-refractivity contribution is 5.02. The fourth-order valence-corrected chi connectivity index (χ4v) is 2.35. The van der Waals surface area contributed by atoms with E-state index < -0.39 is 0 Å². The van der Waals surface area contributed by atoms with Gasteiger partial charge < -0.3 is 14.9 Å². The molecule has 1 atom stereocenters. The monoisotopic (exact) mass is 223 g/mol. The Morgan fingerprint density at radius 1 is 1.38 bits per heavy atom. The van der Waals surface area contributed by atoms with Crippen LogP contribution >= 0.6 is 0 Å². The summed E-state index contributed by atoms with van der Waals surface area (Å²) in [5, 5.41) is 0. The third kappa shape index (κ3) is 3.09. The van der Waals surface area contributed by atoms with Gasteiger partial charge in [-0.2, -0.15) is 0 Å². The lowest BCUT2D eigenvalue weighted by molar-refractivity contribution is 0.0131. The zero-order valence-corrected chi connectivity index (χ0v) is 9.73. The van der Waals surface area contributed by atoms with Crippen molar-refractivity contribution in [3.8, 4) is 0 Å². The third-order valence-electron chi connectivity index (χ3n) is 3.33. The van der Waals surface area contributed by atoms with E-state index in [2.05, 4.69) is 0 Å². The average molecular weight is 223 g/mol. The molecule has 2 N–H and O–H groups in total. The van der Waals surface area contributed by atoms with E-state index in [1.54, 1.807) is 6.26 Å². The topological polar surface area (TPSA) is 48.4 Å². The van der Waals surface area contributed by atoms with Crippen molar-refractivity contribution in [3.63, 3.8) is 0 Å². The lowest BCUT2D eigenvalue weighted by Gasteiger charge is -2.23. The van der Waals surface area contributed by atoms with Crippen LogP contribution in [0.1, 0.15) is 44.0 Å². The van der Waals surface area contributed by atoms with E-state index in [0.717, 1.165) is 18.3 Å². The molecule has 1 heterocycles. The van der Waals surface area contributed by atoms with Crippen molar-refractivity contribution >= 4 is 0 Å². The molecule has 3 heteroatoms. The zero-order valence-electron chi connectivity index (χ0n) is 9.73. The van der Waals surface area contributed by atoms with Crippen molar-refractivity contribution in [2.24, 2.45) is 11.7 Å². The Kier molecular flexibility index (Phi) is 4.43. The quantitative estimate of drug-likeness (QED) is 0.835. The van der Waals surface area contributed by atoms with Gasteiger partial charge in [0.2, 0.25) is 0 Å². The Balaban J connectivity index is 1.78. The van der Waals surface area contributed by atoms with Crippen molar-refractivity contribution in [2.75, 3.05) is 13.2 Å². The van der Waals surface area contributed by atoms with Gasteiger partial charge in [-0.25, -0.2) is 0 Å². The number of hydrogen-bond acceptors (Lipinski definition) is 3. The Hall–Kier alpha value is -0.800. The van der Waals surface area contributed by atoms with Gasteiger partial charge in [-0.05, 0) is 30.9 Å². The van der Waals surface area contributed by atoms with Gasteiger partial charge in [0.05, 0.1) is 12.9 Å². The summed E-state index contributed by atoms with van der Waals surface area (Å²) < 4.78 is 11.2. The molecule has 0 aliphatic heterocycles. The molecule has 1 aliphatic rings. The van der Waals surface area contributed by atoms with E-state index in [-0.39, 0.29) is 6.10 Å². The summed E-state index contributed by atoms with van der Waals surface area (Å²) in [6, 6.07) is 3.81. The molecule has 3 nitrogen and oxygen atoms in total. The SMILES string of the molecule is NCC(OCC1CCCCC1)c1ccco1. The van der Waals surface area contributed by atoms with Crippen molar-refractivity contribution in [1.29, 1.82) is 0 Å². The molecule has 0 amide bonds. The van der Waals surface area contributed by atoms with Gasteiger partial charge >= 0.3 is 0 Å². The van der Waals surface area contributed by atoms with Crippen LogP contribution in [0, 0.1) is 5.92 Å². The van der Waals surface area contributed by atoms with E-state index in [9.17, 15) is 0 Å². The molecule has 0 saturated heterocycles. The number of hydrogen-bond donors (Lipinski definition) is 1. The molecule has 1 aromatic rings. The van der Waals surface area contributed by atoms with E-state index >= 15 is 0 Å². The lowest BCUT2D eigenvalue weighted by atomic mass is 9.90. The van der Waals surface area contributed by atoms with Crippen LogP contribution in [0.15, 0.2) is 22.8 Å². The first-order valence-corrected chi connectivity index (χ1v) is 6.25. The van der Waals surface area contributed by atoms with Gasteiger partial charge in [0, 0.05) is 6.54 Å². The van der Waals surface area contributed by atoms with Gasteiger partial charge in [0.15, 0.2) is 0 Å². The lowest BCUT2D eigenvalue weighted by Crippen LogP contribution is -2.20. The van der Waals surface area contributed by atoms with Crippen molar-refractivity contribution < 1.29 is 9.15 Å². The first kappa shape index (κ1) is 11.7. The van der Waals surface area contributed by atoms with Crippen LogP contribution in [0.25, 0.3) is 0 Å². The van der Waals surface area contributed by atoms with E-state index in [1.807, 2.05) is 12.1 Å². The maximum Gasteiger partial charge on any atom is 0.133 e. The minimum absolute atomic E-state index is 0.0723. The average Bonchev–Trinajstić information content (AvgIpc) is 2.85.